The Morgan fingerprint density at radius 2 is 2.35 bits per heavy atom. The van der Waals surface area contributed by atoms with E-state index in [2.05, 4.69) is 34.0 Å². The van der Waals surface area contributed by atoms with Gasteiger partial charge in [-0.1, -0.05) is 13.8 Å². The quantitative estimate of drug-likeness (QED) is 0.845. The summed E-state index contributed by atoms with van der Waals surface area (Å²) in [4.78, 5) is 23.3. The molecule has 0 saturated carbocycles. The van der Waals surface area contributed by atoms with Gasteiger partial charge < -0.3 is 15.0 Å². The topological polar surface area (TPSA) is 67.4 Å². The first-order chi connectivity index (χ1) is 12.5. The second-order valence-electron chi connectivity index (χ2n) is 8.61. The van der Waals surface area contributed by atoms with E-state index in [1.807, 2.05) is 19.2 Å². The average molecular weight is 358 g/mol. The number of nitrogens with zero attached hydrogens (tertiary/aromatic N) is 3. The molecular weight excluding hydrogens is 328 g/mol. The number of ether oxygens (including phenoxy) is 1. The zero-order chi connectivity index (χ0) is 18.3. The molecule has 2 bridgehead atoms. The normalized spacial score (nSPS) is 32.3. The van der Waals surface area contributed by atoms with Crippen molar-refractivity contribution in [2.45, 2.75) is 58.2 Å². The van der Waals surface area contributed by atoms with E-state index in [4.69, 9.17) is 4.74 Å². The predicted molar refractivity (Wildman–Crippen MR) is 99.9 cm³/mol. The first-order valence-electron chi connectivity index (χ1n) is 9.96. The van der Waals surface area contributed by atoms with E-state index in [1.165, 1.54) is 0 Å². The van der Waals surface area contributed by atoms with Crippen LogP contribution < -0.4 is 10.2 Å². The number of hydrogen-bond donors (Lipinski definition) is 1. The van der Waals surface area contributed by atoms with Crippen molar-refractivity contribution >= 4 is 11.7 Å². The van der Waals surface area contributed by atoms with Crippen LogP contribution in [-0.2, 0) is 9.53 Å². The van der Waals surface area contributed by atoms with Crippen LogP contribution in [0.2, 0.25) is 0 Å². The van der Waals surface area contributed by atoms with Crippen LogP contribution in [0.5, 0.6) is 0 Å². The molecule has 3 aliphatic rings. The van der Waals surface area contributed by atoms with Crippen molar-refractivity contribution in [3.05, 3.63) is 18.1 Å². The van der Waals surface area contributed by atoms with Crippen LogP contribution in [0, 0.1) is 24.7 Å². The zero-order valence-corrected chi connectivity index (χ0v) is 16.1. The lowest BCUT2D eigenvalue weighted by Crippen LogP contribution is -2.41. The number of carbonyl (C=O) groups excluding carboxylic acids is 1. The van der Waals surface area contributed by atoms with Gasteiger partial charge in [-0.25, -0.2) is 9.97 Å². The van der Waals surface area contributed by atoms with Crippen molar-refractivity contribution < 1.29 is 9.53 Å². The fraction of sp³-hybridized carbons (Fsp3) is 0.750. The van der Waals surface area contributed by atoms with E-state index < -0.39 is 0 Å². The van der Waals surface area contributed by atoms with Gasteiger partial charge in [-0.15, -0.1) is 0 Å². The highest BCUT2D eigenvalue weighted by Gasteiger charge is 2.63. The SMILES string of the molecule is Cc1nccc(N2C[C@@H]3[C@H](CNC(=O)CCC(C)C)[C@H]4CC[C@]3(C2)O4)n1. The molecule has 1 spiro atoms. The Kier molecular flexibility index (Phi) is 4.63. The first kappa shape index (κ1) is 17.7. The Balaban J connectivity index is 1.40. The molecule has 1 amide bonds. The molecule has 3 saturated heterocycles. The lowest BCUT2D eigenvalue weighted by Gasteiger charge is -2.29. The van der Waals surface area contributed by atoms with E-state index in [0.717, 1.165) is 50.5 Å². The summed E-state index contributed by atoms with van der Waals surface area (Å²) >= 11 is 0. The molecule has 142 valence electrons. The zero-order valence-electron chi connectivity index (χ0n) is 16.1. The molecule has 1 aromatic heterocycles. The van der Waals surface area contributed by atoms with E-state index in [0.29, 0.717) is 30.3 Å². The van der Waals surface area contributed by atoms with Gasteiger partial charge in [-0.3, -0.25) is 4.79 Å². The minimum absolute atomic E-state index is 0.0448. The van der Waals surface area contributed by atoms with Crippen LogP contribution in [-0.4, -0.2) is 47.2 Å². The number of aryl methyl sites for hydroxylation is 1. The number of fused-ring (bicyclic) bond motifs is 1. The van der Waals surface area contributed by atoms with Crippen molar-refractivity contribution in [1.82, 2.24) is 15.3 Å². The molecule has 0 aromatic carbocycles. The monoisotopic (exact) mass is 358 g/mol. The van der Waals surface area contributed by atoms with Gasteiger partial charge in [-0.2, -0.15) is 0 Å². The fourth-order valence-corrected chi connectivity index (χ4v) is 5.00. The van der Waals surface area contributed by atoms with Gasteiger partial charge in [0.1, 0.15) is 11.6 Å². The molecule has 1 N–H and O–H groups in total. The summed E-state index contributed by atoms with van der Waals surface area (Å²) in [6, 6.07) is 1.99. The number of anilines is 1. The van der Waals surface area contributed by atoms with Gasteiger partial charge >= 0.3 is 0 Å². The molecule has 4 rings (SSSR count). The molecule has 3 aliphatic heterocycles. The van der Waals surface area contributed by atoms with Crippen LogP contribution in [0.3, 0.4) is 0 Å². The summed E-state index contributed by atoms with van der Waals surface area (Å²) < 4.78 is 6.47. The molecule has 0 radical (unpaired) electrons. The number of amides is 1. The van der Waals surface area contributed by atoms with Crippen molar-refractivity contribution in [2.24, 2.45) is 17.8 Å². The largest absolute Gasteiger partial charge is 0.369 e. The first-order valence-corrected chi connectivity index (χ1v) is 9.96. The fourth-order valence-electron chi connectivity index (χ4n) is 5.00. The third-order valence-corrected chi connectivity index (χ3v) is 6.35. The molecule has 4 atom stereocenters. The Morgan fingerprint density at radius 3 is 3.12 bits per heavy atom. The summed E-state index contributed by atoms with van der Waals surface area (Å²) in [7, 11) is 0. The Bertz CT molecular complexity index is 680. The van der Waals surface area contributed by atoms with Gasteiger partial charge in [0.05, 0.1) is 11.7 Å². The summed E-state index contributed by atoms with van der Waals surface area (Å²) in [5, 5.41) is 3.17. The molecule has 6 heteroatoms. The maximum Gasteiger partial charge on any atom is 0.220 e. The third kappa shape index (κ3) is 3.20. The lowest BCUT2D eigenvalue weighted by atomic mass is 9.73. The van der Waals surface area contributed by atoms with Crippen LogP contribution >= 0.6 is 0 Å². The summed E-state index contributed by atoms with van der Waals surface area (Å²) in [5.41, 5.74) is -0.0448. The van der Waals surface area contributed by atoms with Gasteiger partial charge in [0.15, 0.2) is 0 Å². The minimum atomic E-state index is -0.0448. The van der Waals surface area contributed by atoms with E-state index in [-0.39, 0.29) is 11.5 Å². The van der Waals surface area contributed by atoms with Crippen LogP contribution in [0.15, 0.2) is 12.3 Å². The summed E-state index contributed by atoms with van der Waals surface area (Å²) in [6.45, 7) is 8.84. The molecule has 0 unspecified atom stereocenters. The number of aromatic nitrogens is 2. The van der Waals surface area contributed by atoms with Crippen LogP contribution in [0.4, 0.5) is 5.82 Å². The maximum absolute atomic E-state index is 12.1. The molecule has 6 nitrogen and oxygen atoms in total. The summed E-state index contributed by atoms with van der Waals surface area (Å²) in [5.74, 6) is 3.43. The molecule has 0 aliphatic carbocycles. The lowest BCUT2D eigenvalue weighted by molar-refractivity contribution is -0.121. The van der Waals surface area contributed by atoms with Crippen LogP contribution in [0.1, 0.15) is 45.4 Å². The van der Waals surface area contributed by atoms with E-state index >= 15 is 0 Å². The standard InChI is InChI=1S/C20H30N4O2/c1-13(2)4-5-19(25)22-10-15-16-11-24(18-7-9-21-14(3)23-18)12-20(16)8-6-17(15)26-20/h7,9,13,15-17H,4-6,8,10-12H2,1-3H3,(H,22,25)/t15-,16+,17+,20+/m0/s1. The van der Waals surface area contributed by atoms with Gasteiger partial charge in [0.2, 0.25) is 5.91 Å². The minimum Gasteiger partial charge on any atom is -0.369 e. The Morgan fingerprint density at radius 1 is 1.50 bits per heavy atom. The second kappa shape index (κ2) is 6.80. The number of hydrogen-bond acceptors (Lipinski definition) is 5. The maximum atomic E-state index is 12.1. The molecule has 26 heavy (non-hydrogen) atoms. The van der Waals surface area contributed by atoms with Crippen molar-refractivity contribution in [3.63, 3.8) is 0 Å². The number of nitrogens with one attached hydrogen (secondary N) is 1. The highest BCUT2D eigenvalue weighted by atomic mass is 16.5. The van der Waals surface area contributed by atoms with Crippen LogP contribution in [0.25, 0.3) is 0 Å². The van der Waals surface area contributed by atoms with Crippen molar-refractivity contribution in [2.75, 3.05) is 24.5 Å². The van der Waals surface area contributed by atoms with Gasteiger partial charge in [0, 0.05) is 44.1 Å². The van der Waals surface area contributed by atoms with Crippen molar-refractivity contribution in [3.8, 4) is 0 Å². The highest BCUT2D eigenvalue weighted by Crippen LogP contribution is 2.55. The number of carbonyl (C=O) groups is 1. The van der Waals surface area contributed by atoms with Gasteiger partial charge in [0.25, 0.3) is 0 Å². The molecule has 3 fully saturated rings. The molecular formula is C20H30N4O2. The smallest absolute Gasteiger partial charge is 0.220 e. The summed E-state index contributed by atoms with van der Waals surface area (Å²) in [6.07, 6.45) is 5.94. The Hall–Kier alpha value is -1.69. The predicted octanol–water partition coefficient (Wildman–Crippen LogP) is 2.32. The average Bonchev–Trinajstić information content (AvgIpc) is 3.26. The van der Waals surface area contributed by atoms with E-state index in [1.54, 1.807) is 0 Å². The van der Waals surface area contributed by atoms with Crippen molar-refractivity contribution in [1.29, 1.82) is 0 Å². The second-order valence-corrected chi connectivity index (χ2v) is 8.61. The number of rotatable bonds is 6. The molecule has 1 aromatic rings. The van der Waals surface area contributed by atoms with E-state index in [9.17, 15) is 4.79 Å². The van der Waals surface area contributed by atoms with Gasteiger partial charge in [-0.05, 0) is 38.2 Å². The molecule has 4 heterocycles. The Labute approximate surface area is 155 Å². The third-order valence-electron chi connectivity index (χ3n) is 6.35. The highest BCUT2D eigenvalue weighted by molar-refractivity contribution is 5.75.